The van der Waals surface area contributed by atoms with Crippen molar-refractivity contribution in [3.8, 4) is 5.75 Å². The van der Waals surface area contributed by atoms with Gasteiger partial charge in [0, 0.05) is 13.2 Å². The van der Waals surface area contributed by atoms with Gasteiger partial charge in [0.1, 0.15) is 5.75 Å². The summed E-state index contributed by atoms with van der Waals surface area (Å²) in [5.74, 6) is 0.611. The number of hydrogen-bond donors (Lipinski definition) is 1. The lowest BCUT2D eigenvalue weighted by atomic mass is 10.2. The van der Waals surface area contributed by atoms with Crippen LogP contribution in [-0.2, 0) is 9.53 Å². The molecule has 1 amide bonds. The van der Waals surface area contributed by atoms with Gasteiger partial charge in [-0.15, -0.1) is 0 Å². The first-order valence-corrected chi connectivity index (χ1v) is 6.59. The molecule has 1 rings (SSSR count). The largest absolute Gasteiger partial charge is 0.481 e. The second-order valence-corrected chi connectivity index (χ2v) is 4.69. The first-order valence-electron chi connectivity index (χ1n) is 6.59. The molecule has 0 fully saturated rings. The van der Waals surface area contributed by atoms with Crippen LogP contribution in [0.25, 0.3) is 0 Å². The van der Waals surface area contributed by atoms with Gasteiger partial charge in [0.2, 0.25) is 0 Å². The molecule has 1 N–H and O–H groups in total. The van der Waals surface area contributed by atoms with Crippen molar-refractivity contribution in [3.05, 3.63) is 29.8 Å². The summed E-state index contributed by atoms with van der Waals surface area (Å²) in [6, 6.07) is 7.67. The second kappa shape index (κ2) is 7.79. The topological polar surface area (TPSA) is 47.6 Å². The molecule has 0 saturated heterocycles. The average molecular weight is 265 g/mol. The number of amides is 1. The molecule has 106 valence electrons. The molecule has 0 unspecified atom stereocenters. The van der Waals surface area contributed by atoms with E-state index < -0.39 is 6.10 Å². The molecular formula is C15H23NO3. The Bertz CT molecular complexity index is 389. The number of rotatable bonds is 7. The molecular weight excluding hydrogens is 242 g/mol. The molecule has 0 aromatic heterocycles. The molecule has 4 heteroatoms. The zero-order valence-corrected chi connectivity index (χ0v) is 12.1. The number of benzene rings is 1. The van der Waals surface area contributed by atoms with E-state index in [0.717, 1.165) is 0 Å². The van der Waals surface area contributed by atoms with Crippen LogP contribution in [0.15, 0.2) is 24.3 Å². The van der Waals surface area contributed by atoms with Gasteiger partial charge in [-0.05, 0) is 32.4 Å². The minimum absolute atomic E-state index is 0.0202. The van der Waals surface area contributed by atoms with E-state index in [4.69, 9.17) is 9.47 Å². The molecule has 0 heterocycles. The van der Waals surface area contributed by atoms with Gasteiger partial charge in [-0.3, -0.25) is 4.79 Å². The molecule has 4 nitrogen and oxygen atoms in total. The first-order chi connectivity index (χ1) is 9.06. The van der Waals surface area contributed by atoms with Crippen molar-refractivity contribution in [1.29, 1.82) is 0 Å². The Labute approximate surface area is 115 Å². The van der Waals surface area contributed by atoms with E-state index >= 15 is 0 Å². The molecule has 0 radical (unpaired) electrons. The van der Waals surface area contributed by atoms with E-state index in [0.29, 0.717) is 18.8 Å². The zero-order valence-electron chi connectivity index (χ0n) is 12.1. The van der Waals surface area contributed by atoms with Crippen LogP contribution in [-0.4, -0.2) is 31.8 Å². The van der Waals surface area contributed by atoms with E-state index in [2.05, 4.69) is 5.32 Å². The number of methoxy groups -OCH3 is 1. The third kappa shape index (κ3) is 5.30. The van der Waals surface area contributed by atoms with E-state index in [1.807, 2.05) is 45.0 Å². The summed E-state index contributed by atoms with van der Waals surface area (Å²) in [4.78, 5) is 12.0. The third-order valence-corrected chi connectivity index (χ3v) is 2.77. The quantitative estimate of drug-likeness (QED) is 0.823. The maximum atomic E-state index is 12.0. The highest BCUT2D eigenvalue weighted by Gasteiger charge is 2.19. The Morgan fingerprint density at radius 2 is 1.95 bits per heavy atom. The summed E-state index contributed by atoms with van der Waals surface area (Å²) < 4.78 is 10.7. The Morgan fingerprint density at radius 1 is 1.32 bits per heavy atom. The number of nitrogens with one attached hydrogen (secondary N) is 1. The van der Waals surface area contributed by atoms with Gasteiger partial charge in [0.15, 0.2) is 6.10 Å². The van der Waals surface area contributed by atoms with Crippen LogP contribution in [0.2, 0.25) is 0 Å². The highest BCUT2D eigenvalue weighted by molar-refractivity contribution is 5.81. The molecule has 0 aliphatic carbocycles. The van der Waals surface area contributed by atoms with Crippen LogP contribution < -0.4 is 10.1 Å². The minimum Gasteiger partial charge on any atom is -0.481 e. The van der Waals surface area contributed by atoms with Gasteiger partial charge < -0.3 is 14.8 Å². The van der Waals surface area contributed by atoms with Crippen molar-refractivity contribution in [1.82, 2.24) is 5.32 Å². The summed E-state index contributed by atoms with van der Waals surface area (Å²) in [6.07, 6.45) is 0.154. The van der Waals surface area contributed by atoms with Crippen molar-refractivity contribution in [2.75, 3.05) is 13.7 Å². The van der Waals surface area contributed by atoms with Gasteiger partial charge in [-0.25, -0.2) is 0 Å². The molecule has 0 aliphatic rings. The van der Waals surface area contributed by atoms with Gasteiger partial charge in [-0.1, -0.05) is 24.6 Å². The second-order valence-electron chi connectivity index (χ2n) is 4.69. The number of hydrogen-bond acceptors (Lipinski definition) is 3. The molecule has 0 spiro atoms. The third-order valence-electron chi connectivity index (χ3n) is 2.77. The summed E-state index contributed by atoms with van der Waals surface area (Å²) in [5.41, 5.74) is 1.17. The fourth-order valence-electron chi connectivity index (χ4n) is 1.73. The Balaban J connectivity index is 2.57. The van der Waals surface area contributed by atoms with Crippen LogP contribution in [0.5, 0.6) is 5.75 Å². The van der Waals surface area contributed by atoms with Crippen LogP contribution in [0.1, 0.15) is 25.8 Å². The number of aryl methyl sites for hydroxylation is 1. The summed E-state index contributed by atoms with van der Waals surface area (Å²) in [7, 11) is 1.61. The van der Waals surface area contributed by atoms with Crippen LogP contribution >= 0.6 is 0 Å². The number of carbonyl (C=O) groups excluding carboxylic acids is 1. The first kappa shape index (κ1) is 15.5. The normalized spacial score (nSPS) is 13.7. The summed E-state index contributed by atoms with van der Waals surface area (Å²) in [6.45, 7) is 6.34. The van der Waals surface area contributed by atoms with E-state index in [1.165, 1.54) is 5.56 Å². The van der Waals surface area contributed by atoms with Gasteiger partial charge >= 0.3 is 0 Å². The van der Waals surface area contributed by atoms with Crippen molar-refractivity contribution in [2.45, 2.75) is 39.3 Å². The van der Waals surface area contributed by atoms with E-state index in [1.54, 1.807) is 7.11 Å². The maximum Gasteiger partial charge on any atom is 0.261 e. The number of ether oxygens (including phenoxy) is 2. The monoisotopic (exact) mass is 265 g/mol. The molecule has 2 atom stereocenters. The van der Waals surface area contributed by atoms with Crippen LogP contribution in [0, 0.1) is 6.92 Å². The predicted molar refractivity (Wildman–Crippen MR) is 75.4 cm³/mol. The van der Waals surface area contributed by atoms with Gasteiger partial charge in [0.25, 0.3) is 5.91 Å². The lowest BCUT2D eigenvalue weighted by molar-refractivity contribution is -0.129. The molecule has 0 aliphatic heterocycles. The van der Waals surface area contributed by atoms with Crippen LogP contribution in [0.3, 0.4) is 0 Å². The molecule has 19 heavy (non-hydrogen) atoms. The van der Waals surface area contributed by atoms with Crippen molar-refractivity contribution in [2.24, 2.45) is 0 Å². The fourth-order valence-corrected chi connectivity index (χ4v) is 1.73. The Morgan fingerprint density at radius 3 is 2.47 bits per heavy atom. The highest BCUT2D eigenvalue weighted by atomic mass is 16.5. The van der Waals surface area contributed by atoms with E-state index in [9.17, 15) is 4.79 Å². The SMILES string of the molecule is CC[C@H](Oc1ccc(C)cc1)C(=O)N[C@H](C)COC. The van der Waals surface area contributed by atoms with Crippen LogP contribution in [0.4, 0.5) is 0 Å². The molecule has 0 saturated carbocycles. The lowest BCUT2D eigenvalue weighted by Gasteiger charge is -2.20. The van der Waals surface area contributed by atoms with Crippen molar-refractivity contribution >= 4 is 5.91 Å². The van der Waals surface area contributed by atoms with Crippen molar-refractivity contribution < 1.29 is 14.3 Å². The molecule has 0 bridgehead atoms. The fraction of sp³-hybridized carbons (Fsp3) is 0.533. The van der Waals surface area contributed by atoms with E-state index in [-0.39, 0.29) is 11.9 Å². The minimum atomic E-state index is -0.470. The lowest BCUT2D eigenvalue weighted by Crippen LogP contribution is -2.44. The van der Waals surface area contributed by atoms with Gasteiger partial charge in [-0.2, -0.15) is 0 Å². The predicted octanol–water partition coefficient (Wildman–Crippen LogP) is 2.30. The Kier molecular flexibility index (Phi) is 6.36. The Hall–Kier alpha value is -1.55. The maximum absolute atomic E-state index is 12.0. The summed E-state index contributed by atoms with van der Waals surface area (Å²) >= 11 is 0. The molecule has 1 aromatic rings. The molecule has 1 aromatic carbocycles. The van der Waals surface area contributed by atoms with Crippen molar-refractivity contribution in [3.63, 3.8) is 0 Å². The smallest absolute Gasteiger partial charge is 0.261 e. The summed E-state index contributed by atoms with van der Waals surface area (Å²) in [5, 5.41) is 2.87. The number of carbonyl (C=O) groups is 1. The average Bonchev–Trinajstić information content (AvgIpc) is 2.38. The highest BCUT2D eigenvalue weighted by Crippen LogP contribution is 2.14. The zero-order chi connectivity index (χ0) is 14.3. The van der Waals surface area contributed by atoms with Gasteiger partial charge in [0.05, 0.1) is 6.61 Å². The standard InChI is InChI=1S/C15H23NO3/c1-5-14(15(17)16-12(3)10-18-4)19-13-8-6-11(2)7-9-13/h6-9,12,14H,5,10H2,1-4H3,(H,16,17)/t12-,14+/m1/s1.